The summed E-state index contributed by atoms with van der Waals surface area (Å²) in [5.41, 5.74) is 1.43. The third kappa shape index (κ3) is 5.76. The lowest BCUT2D eigenvalue weighted by Gasteiger charge is -2.45. The van der Waals surface area contributed by atoms with Crippen LogP contribution in [0.4, 0.5) is 0 Å². The van der Waals surface area contributed by atoms with Crippen LogP contribution in [-0.4, -0.2) is 24.0 Å². The molecule has 1 heterocycles. The van der Waals surface area contributed by atoms with Gasteiger partial charge < -0.3 is 4.90 Å². The van der Waals surface area contributed by atoms with Crippen molar-refractivity contribution >= 4 is 0 Å². The van der Waals surface area contributed by atoms with Crippen molar-refractivity contribution in [2.24, 2.45) is 16.2 Å². The molecule has 0 aromatic rings. The van der Waals surface area contributed by atoms with Gasteiger partial charge in [-0.15, -0.1) is 0 Å². The van der Waals surface area contributed by atoms with Gasteiger partial charge >= 0.3 is 0 Å². The van der Waals surface area contributed by atoms with Gasteiger partial charge in [0.1, 0.15) is 0 Å². The first-order valence-electron chi connectivity index (χ1n) is 8.70. The highest BCUT2D eigenvalue weighted by Gasteiger charge is 2.34. The highest BCUT2D eigenvalue weighted by Crippen LogP contribution is 2.40. The molecule has 1 aliphatic rings. The number of rotatable bonds is 4. The smallest absolute Gasteiger partial charge is 0.00722 e. The zero-order chi connectivity index (χ0) is 15.6. The van der Waals surface area contributed by atoms with Gasteiger partial charge in [-0.1, -0.05) is 54.9 Å². The second-order valence-electron chi connectivity index (χ2n) is 9.65. The van der Waals surface area contributed by atoms with Gasteiger partial charge in [-0.2, -0.15) is 0 Å². The normalized spacial score (nSPS) is 25.8. The van der Waals surface area contributed by atoms with Crippen LogP contribution in [-0.2, 0) is 0 Å². The van der Waals surface area contributed by atoms with Gasteiger partial charge in [0, 0.05) is 12.6 Å². The minimum atomic E-state index is 0.439. The van der Waals surface area contributed by atoms with E-state index in [9.17, 15) is 0 Å². The molecule has 0 aromatic carbocycles. The van der Waals surface area contributed by atoms with Gasteiger partial charge in [-0.05, 0) is 55.4 Å². The monoisotopic (exact) mass is 281 g/mol. The van der Waals surface area contributed by atoms with E-state index in [1.807, 2.05) is 0 Å². The summed E-state index contributed by atoms with van der Waals surface area (Å²) in [5.74, 6) is 0. The summed E-state index contributed by atoms with van der Waals surface area (Å²) in [4.78, 5) is 2.77. The fraction of sp³-hybridized carbons (Fsp3) is 1.00. The van der Waals surface area contributed by atoms with Crippen molar-refractivity contribution in [3.05, 3.63) is 0 Å². The average molecular weight is 282 g/mol. The Morgan fingerprint density at radius 3 is 2.25 bits per heavy atom. The van der Waals surface area contributed by atoms with Gasteiger partial charge in [-0.25, -0.2) is 0 Å². The van der Waals surface area contributed by atoms with E-state index >= 15 is 0 Å². The number of nitrogens with zero attached hydrogens (tertiary/aromatic N) is 1. The maximum Gasteiger partial charge on any atom is 0.00722 e. The Morgan fingerprint density at radius 2 is 1.70 bits per heavy atom. The maximum atomic E-state index is 2.77. The predicted octanol–water partition coefficient (Wildman–Crippen LogP) is 5.74. The SMILES string of the molecule is CCC(C)(C)CC(C)N1CCCC(C)(C)CC(C)(C)C1. The molecule has 0 bridgehead atoms. The molecule has 1 fully saturated rings. The Labute approximate surface area is 128 Å². The molecule has 0 radical (unpaired) electrons. The molecule has 0 aromatic heterocycles. The van der Waals surface area contributed by atoms with Gasteiger partial charge in [0.05, 0.1) is 0 Å². The lowest BCUT2D eigenvalue weighted by molar-refractivity contribution is 0.0509. The van der Waals surface area contributed by atoms with E-state index in [-0.39, 0.29) is 0 Å². The van der Waals surface area contributed by atoms with E-state index in [1.165, 1.54) is 45.2 Å². The Kier molecular flexibility index (Phi) is 5.75. The van der Waals surface area contributed by atoms with Crippen molar-refractivity contribution in [1.82, 2.24) is 4.90 Å². The van der Waals surface area contributed by atoms with Crippen LogP contribution in [0, 0.1) is 16.2 Å². The summed E-state index contributed by atoms with van der Waals surface area (Å²) < 4.78 is 0. The van der Waals surface area contributed by atoms with Crippen molar-refractivity contribution < 1.29 is 0 Å². The van der Waals surface area contributed by atoms with E-state index < -0.39 is 0 Å². The topological polar surface area (TPSA) is 3.24 Å². The van der Waals surface area contributed by atoms with Crippen LogP contribution < -0.4 is 0 Å². The lowest BCUT2D eigenvalue weighted by Crippen LogP contribution is -2.45. The van der Waals surface area contributed by atoms with Gasteiger partial charge in [0.15, 0.2) is 0 Å². The summed E-state index contributed by atoms with van der Waals surface area (Å²) in [6, 6.07) is 0.713. The number of hydrogen-bond donors (Lipinski definition) is 0. The first kappa shape index (κ1) is 18.0. The van der Waals surface area contributed by atoms with E-state index in [4.69, 9.17) is 0 Å². The molecule has 120 valence electrons. The Balaban J connectivity index is 2.71. The van der Waals surface area contributed by atoms with Gasteiger partial charge in [-0.3, -0.25) is 0 Å². The lowest BCUT2D eigenvalue weighted by atomic mass is 9.71. The summed E-state index contributed by atoms with van der Waals surface area (Å²) in [7, 11) is 0. The van der Waals surface area contributed by atoms with Crippen LogP contribution in [0.2, 0.25) is 0 Å². The molecule has 1 nitrogen and oxygen atoms in total. The molecule has 1 rings (SSSR count). The van der Waals surface area contributed by atoms with E-state index in [1.54, 1.807) is 0 Å². The predicted molar refractivity (Wildman–Crippen MR) is 91.1 cm³/mol. The molecule has 20 heavy (non-hydrogen) atoms. The summed E-state index contributed by atoms with van der Waals surface area (Å²) >= 11 is 0. The first-order chi connectivity index (χ1) is 8.96. The first-order valence-corrected chi connectivity index (χ1v) is 8.70. The van der Waals surface area contributed by atoms with E-state index in [0.29, 0.717) is 22.3 Å². The highest BCUT2D eigenvalue weighted by atomic mass is 15.2. The quantitative estimate of drug-likeness (QED) is 0.635. The van der Waals surface area contributed by atoms with Crippen LogP contribution in [0.15, 0.2) is 0 Å². The number of hydrogen-bond acceptors (Lipinski definition) is 1. The second kappa shape index (κ2) is 6.38. The van der Waals surface area contributed by atoms with Gasteiger partial charge in [0.25, 0.3) is 0 Å². The summed E-state index contributed by atoms with van der Waals surface area (Å²) in [6.45, 7) is 22.0. The zero-order valence-corrected chi connectivity index (χ0v) is 15.5. The van der Waals surface area contributed by atoms with Crippen molar-refractivity contribution in [2.45, 2.75) is 93.5 Å². The summed E-state index contributed by atoms with van der Waals surface area (Å²) in [6.07, 6.45) is 6.68. The van der Waals surface area contributed by atoms with Crippen LogP contribution in [0.25, 0.3) is 0 Å². The third-order valence-corrected chi connectivity index (χ3v) is 5.32. The molecule has 1 unspecified atom stereocenters. The minimum absolute atomic E-state index is 0.439. The molecule has 0 amide bonds. The molecule has 1 saturated heterocycles. The molecule has 1 heteroatoms. The minimum Gasteiger partial charge on any atom is -0.300 e. The largest absolute Gasteiger partial charge is 0.300 e. The van der Waals surface area contributed by atoms with Crippen molar-refractivity contribution in [3.63, 3.8) is 0 Å². The maximum absolute atomic E-state index is 2.77. The standard InChI is InChI=1S/C19H39N/c1-9-17(3,4)13-16(2)20-12-10-11-18(5,6)14-19(7,8)15-20/h16H,9-15H2,1-8H3. The Bertz CT molecular complexity index is 301. The van der Waals surface area contributed by atoms with E-state index in [0.717, 1.165) is 0 Å². The highest BCUT2D eigenvalue weighted by molar-refractivity contribution is 4.87. The van der Waals surface area contributed by atoms with Crippen molar-refractivity contribution in [1.29, 1.82) is 0 Å². The molecular weight excluding hydrogens is 242 g/mol. The molecule has 1 atom stereocenters. The zero-order valence-electron chi connectivity index (χ0n) is 15.5. The van der Waals surface area contributed by atoms with Crippen LogP contribution >= 0.6 is 0 Å². The third-order valence-electron chi connectivity index (χ3n) is 5.32. The van der Waals surface area contributed by atoms with E-state index in [2.05, 4.69) is 60.3 Å². The number of likely N-dealkylation sites (tertiary alicyclic amines) is 1. The fourth-order valence-electron chi connectivity index (χ4n) is 4.28. The summed E-state index contributed by atoms with van der Waals surface area (Å²) in [5, 5.41) is 0. The van der Waals surface area contributed by atoms with Crippen molar-refractivity contribution in [2.75, 3.05) is 13.1 Å². The second-order valence-corrected chi connectivity index (χ2v) is 9.65. The molecule has 0 saturated carbocycles. The average Bonchev–Trinajstić information content (AvgIpc) is 2.23. The molecular formula is C19H39N. The Hall–Kier alpha value is -0.0400. The van der Waals surface area contributed by atoms with Crippen LogP contribution in [0.3, 0.4) is 0 Å². The van der Waals surface area contributed by atoms with Crippen LogP contribution in [0.1, 0.15) is 87.5 Å². The fourth-order valence-corrected chi connectivity index (χ4v) is 4.28. The van der Waals surface area contributed by atoms with Crippen molar-refractivity contribution in [3.8, 4) is 0 Å². The van der Waals surface area contributed by atoms with Crippen LogP contribution in [0.5, 0.6) is 0 Å². The molecule has 1 aliphatic heterocycles. The van der Waals surface area contributed by atoms with Gasteiger partial charge in [0.2, 0.25) is 0 Å². The molecule has 0 N–H and O–H groups in total. The molecule has 0 aliphatic carbocycles. The molecule has 0 spiro atoms. The Morgan fingerprint density at radius 1 is 1.10 bits per heavy atom.